The van der Waals surface area contributed by atoms with E-state index in [1.807, 2.05) is 18.2 Å². The van der Waals surface area contributed by atoms with Crippen LogP contribution < -0.4 is 0 Å². The Labute approximate surface area is 112 Å². The van der Waals surface area contributed by atoms with Gasteiger partial charge in [-0.1, -0.05) is 36.8 Å². The number of hydrogen-bond acceptors (Lipinski definition) is 4. The fraction of sp³-hybridized carbons (Fsp3) is 0.467. The van der Waals surface area contributed by atoms with Crippen LogP contribution in [0.25, 0.3) is 0 Å². The van der Waals surface area contributed by atoms with Crippen LogP contribution in [0.5, 0.6) is 0 Å². The number of aldehydes is 1. The minimum absolute atomic E-state index is 0.236. The van der Waals surface area contributed by atoms with Gasteiger partial charge in [0.25, 0.3) is 0 Å². The molecular formula is C15H18O4. The van der Waals surface area contributed by atoms with E-state index in [1.165, 1.54) is 5.56 Å². The van der Waals surface area contributed by atoms with Gasteiger partial charge >= 0.3 is 6.15 Å². The molecule has 2 unspecified atom stereocenters. The van der Waals surface area contributed by atoms with Crippen molar-refractivity contribution < 1.29 is 19.5 Å². The van der Waals surface area contributed by atoms with Gasteiger partial charge in [-0.05, 0) is 30.7 Å². The van der Waals surface area contributed by atoms with E-state index in [0.29, 0.717) is 0 Å². The first kappa shape index (κ1) is 15.3. The predicted molar refractivity (Wildman–Crippen MR) is 68.1 cm³/mol. The Bertz CT molecular complexity index is 423. The molecule has 1 aromatic rings. The molecule has 0 aliphatic heterocycles. The van der Waals surface area contributed by atoms with E-state index in [1.54, 1.807) is 0 Å². The zero-order valence-corrected chi connectivity index (χ0v) is 10.7. The number of aliphatic hydroxyl groups is 1. The van der Waals surface area contributed by atoms with Crippen LogP contribution in [0.4, 0.5) is 0 Å². The van der Waals surface area contributed by atoms with Crippen molar-refractivity contribution in [3.8, 4) is 0 Å². The van der Waals surface area contributed by atoms with Crippen molar-refractivity contribution in [2.24, 2.45) is 5.92 Å². The first-order valence-corrected chi connectivity index (χ1v) is 6.35. The normalized spacial score (nSPS) is 25.0. The number of benzene rings is 1. The van der Waals surface area contributed by atoms with Crippen molar-refractivity contribution in [2.45, 2.75) is 37.7 Å². The topological polar surface area (TPSA) is 71.4 Å². The zero-order chi connectivity index (χ0) is 14.1. The summed E-state index contributed by atoms with van der Waals surface area (Å²) < 4.78 is 0. The van der Waals surface area contributed by atoms with Crippen LogP contribution in [-0.4, -0.2) is 23.1 Å². The van der Waals surface area contributed by atoms with Crippen LogP contribution in [0.2, 0.25) is 0 Å². The monoisotopic (exact) mass is 262 g/mol. The Balaban J connectivity index is 0.000000550. The molecule has 2 atom stereocenters. The minimum atomic E-state index is -0.752. The van der Waals surface area contributed by atoms with Gasteiger partial charge in [0, 0.05) is 6.42 Å². The van der Waals surface area contributed by atoms with Gasteiger partial charge in [-0.15, -0.1) is 0 Å². The van der Waals surface area contributed by atoms with E-state index in [2.05, 4.69) is 12.1 Å². The van der Waals surface area contributed by atoms with Crippen LogP contribution in [0.1, 0.15) is 31.2 Å². The molecule has 1 fully saturated rings. The molecule has 102 valence electrons. The summed E-state index contributed by atoms with van der Waals surface area (Å²) in [7, 11) is 0. The highest BCUT2D eigenvalue weighted by atomic mass is 16.3. The molecule has 1 saturated carbocycles. The number of rotatable bonds is 4. The maximum absolute atomic E-state index is 10.6. The van der Waals surface area contributed by atoms with Gasteiger partial charge in [-0.25, -0.2) is 0 Å². The third kappa shape index (κ3) is 4.43. The highest BCUT2D eigenvalue weighted by Gasteiger charge is 2.40. The SMILES string of the molecule is O=C=O.O=CCC1(O)CCCC1Cc1ccccc1. The molecule has 0 bridgehead atoms. The maximum Gasteiger partial charge on any atom is 0.373 e. The van der Waals surface area contributed by atoms with Crippen molar-refractivity contribution in [3.63, 3.8) is 0 Å². The molecule has 0 aromatic heterocycles. The second-order valence-electron chi connectivity index (χ2n) is 4.84. The molecule has 0 radical (unpaired) electrons. The van der Waals surface area contributed by atoms with Crippen LogP contribution in [0.15, 0.2) is 30.3 Å². The molecule has 1 aliphatic carbocycles. The highest BCUT2D eigenvalue weighted by Crippen LogP contribution is 2.39. The number of hydrogen-bond donors (Lipinski definition) is 1. The summed E-state index contributed by atoms with van der Waals surface area (Å²) in [5.74, 6) is 0.236. The van der Waals surface area contributed by atoms with Gasteiger partial charge in [-0.3, -0.25) is 0 Å². The third-order valence-electron chi connectivity index (χ3n) is 3.68. The zero-order valence-electron chi connectivity index (χ0n) is 10.7. The average molecular weight is 262 g/mol. The largest absolute Gasteiger partial charge is 0.389 e. The van der Waals surface area contributed by atoms with Crippen molar-refractivity contribution in [2.75, 3.05) is 0 Å². The average Bonchev–Trinajstić information content (AvgIpc) is 2.73. The summed E-state index contributed by atoms with van der Waals surface area (Å²) in [6.07, 6.45) is 5.09. The van der Waals surface area contributed by atoms with Gasteiger partial charge in [0.05, 0.1) is 5.60 Å². The smallest absolute Gasteiger partial charge is 0.373 e. The van der Waals surface area contributed by atoms with E-state index in [-0.39, 0.29) is 18.5 Å². The van der Waals surface area contributed by atoms with E-state index in [9.17, 15) is 9.90 Å². The molecule has 2 rings (SSSR count). The Morgan fingerprint density at radius 2 is 1.95 bits per heavy atom. The lowest BCUT2D eigenvalue weighted by Crippen LogP contribution is -2.34. The highest BCUT2D eigenvalue weighted by molar-refractivity contribution is 5.51. The molecule has 4 nitrogen and oxygen atoms in total. The number of carbonyl (C=O) groups is 1. The fourth-order valence-electron chi connectivity index (χ4n) is 2.73. The van der Waals surface area contributed by atoms with Crippen molar-refractivity contribution >= 4 is 12.4 Å². The number of carbonyl (C=O) groups excluding carboxylic acids is 3. The van der Waals surface area contributed by atoms with Crippen molar-refractivity contribution in [1.29, 1.82) is 0 Å². The molecule has 0 heterocycles. The summed E-state index contributed by atoms with van der Waals surface area (Å²) >= 11 is 0. The first-order chi connectivity index (χ1) is 9.16. The predicted octanol–water partition coefficient (Wildman–Crippen LogP) is 1.77. The lowest BCUT2D eigenvalue weighted by molar-refractivity contribution is -0.191. The molecule has 1 aliphatic rings. The maximum atomic E-state index is 10.6. The Kier molecular flexibility index (Phi) is 6.13. The third-order valence-corrected chi connectivity index (χ3v) is 3.68. The molecule has 0 amide bonds. The van der Waals surface area contributed by atoms with Gasteiger partial charge < -0.3 is 9.90 Å². The van der Waals surface area contributed by atoms with E-state index in [4.69, 9.17) is 9.59 Å². The second-order valence-corrected chi connectivity index (χ2v) is 4.84. The second kappa shape index (κ2) is 7.62. The Hall–Kier alpha value is -1.77. The van der Waals surface area contributed by atoms with Gasteiger partial charge in [0.2, 0.25) is 0 Å². The molecule has 19 heavy (non-hydrogen) atoms. The van der Waals surface area contributed by atoms with Crippen molar-refractivity contribution in [3.05, 3.63) is 35.9 Å². The molecule has 0 saturated heterocycles. The van der Waals surface area contributed by atoms with Gasteiger partial charge in [-0.2, -0.15) is 9.59 Å². The molecule has 1 aromatic carbocycles. The van der Waals surface area contributed by atoms with E-state index < -0.39 is 5.60 Å². The van der Waals surface area contributed by atoms with Crippen LogP contribution >= 0.6 is 0 Å². The lowest BCUT2D eigenvalue weighted by atomic mass is 9.84. The lowest BCUT2D eigenvalue weighted by Gasteiger charge is -2.28. The van der Waals surface area contributed by atoms with Crippen molar-refractivity contribution in [1.82, 2.24) is 0 Å². The Morgan fingerprint density at radius 3 is 2.53 bits per heavy atom. The minimum Gasteiger partial charge on any atom is -0.389 e. The van der Waals surface area contributed by atoms with E-state index >= 15 is 0 Å². The molecule has 4 heteroatoms. The summed E-state index contributed by atoms with van der Waals surface area (Å²) in [6.45, 7) is 0. The van der Waals surface area contributed by atoms with Crippen LogP contribution in [0.3, 0.4) is 0 Å². The van der Waals surface area contributed by atoms with Crippen LogP contribution in [0, 0.1) is 5.92 Å². The summed E-state index contributed by atoms with van der Waals surface area (Å²) in [5, 5.41) is 10.4. The standard InChI is InChI=1S/C14H18O2.CO2/c15-10-9-14(16)8-4-7-13(14)11-12-5-2-1-3-6-12;2-1-3/h1-3,5-6,10,13,16H,4,7-9,11H2;. The fourth-order valence-corrected chi connectivity index (χ4v) is 2.73. The summed E-state index contributed by atoms with van der Waals surface area (Å²) in [6, 6.07) is 10.2. The van der Waals surface area contributed by atoms with Crippen LogP contribution in [-0.2, 0) is 20.8 Å². The summed E-state index contributed by atoms with van der Waals surface area (Å²) in [5.41, 5.74) is 0.496. The first-order valence-electron chi connectivity index (χ1n) is 6.35. The molecular weight excluding hydrogens is 244 g/mol. The molecule has 1 N–H and O–H groups in total. The van der Waals surface area contributed by atoms with Gasteiger partial charge in [0.1, 0.15) is 6.29 Å². The Morgan fingerprint density at radius 1 is 1.32 bits per heavy atom. The quantitative estimate of drug-likeness (QED) is 0.839. The van der Waals surface area contributed by atoms with Gasteiger partial charge in [0.15, 0.2) is 0 Å². The van der Waals surface area contributed by atoms with E-state index in [0.717, 1.165) is 32.0 Å². The molecule has 0 spiro atoms. The summed E-state index contributed by atoms with van der Waals surface area (Å²) in [4.78, 5) is 26.9.